The van der Waals surface area contributed by atoms with Crippen molar-refractivity contribution in [1.82, 2.24) is 10.2 Å². The van der Waals surface area contributed by atoms with E-state index in [0.717, 1.165) is 38.1 Å². The predicted molar refractivity (Wildman–Crippen MR) is 132 cm³/mol. The van der Waals surface area contributed by atoms with Crippen LogP contribution in [0.3, 0.4) is 0 Å². The number of β-amino-alcohol motifs (C(OH)–C–C–N with tert-alkyl or cyclic N) is 1. The van der Waals surface area contributed by atoms with Crippen LogP contribution in [-0.2, 0) is 13.0 Å². The standard InChI is InChI=1S/C28H36N2O2/c1-28(2,18-21-13-14-23-9-4-5-10-24(23)16-21)29-19-27(31)26-12-7-15-30(26)20-22-8-6-11-25(17-22)32-3/h4-6,8-11,13-14,16-17,26-27,29,31H,7,12,15,18-20H2,1-3H3/t26-,27-/m1/s1. The van der Waals surface area contributed by atoms with Crippen LogP contribution in [0.15, 0.2) is 66.7 Å². The molecular formula is C28H36N2O2. The normalized spacial score (nSPS) is 18.2. The van der Waals surface area contributed by atoms with Gasteiger partial charge in [-0.25, -0.2) is 0 Å². The highest BCUT2D eigenvalue weighted by molar-refractivity contribution is 5.83. The van der Waals surface area contributed by atoms with Crippen LogP contribution in [0.1, 0.15) is 37.8 Å². The first-order valence-electron chi connectivity index (χ1n) is 11.7. The Balaban J connectivity index is 1.34. The zero-order valence-electron chi connectivity index (χ0n) is 19.6. The summed E-state index contributed by atoms with van der Waals surface area (Å²) in [5.74, 6) is 0.885. The monoisotopic (exact) mass is 432 g/mol. The zero-order valence-corrected chi connectivity index (χ0v) is 19.6. The SMILES string of the molecule is COc1cccc(CN2CCC[C@@H]2[C@H](O)CNC(C)(C)Cc2ccc3ccccc3c2)c1. The Hall–Kier alpha value is -2.40. The number of aliphatic hydroxyl groups is 1. The number of hydrogen-bond acceptors (Lipinski definition) is 4. The van der Waals surface area contributed by atoms with E-state index >= 15 is 0 Å². The van der Waals surface area contributed by atoms with E-state index < -0.39 is 0 Å². The average Bonchev–Trinajstić information content (AvgIpc) is 3.25. The average molecular weight is 433 g/mol. The molecule has 0 bridgehead atoms. The summed E-state index contributed by atoms with van der Waals surface area (Å²) in [6.45, 7) is 6.91. The first kappa shape index (κ1) is 22.8. The Morgan fingerprint density at radius 2 is 1.84 bits per heavy atom. The summed E-state index contributed by atoms with van der Waals surface area (Å²) in [6.07, 6.45) is 2.70. The minimum absolute atomic E-state index is 0.0976. The number of nitrogens with zero attached hydrogens (tertiary/aromatic N) is 1. The largest absolute Gasteiger partial charge is 0.497 e. The van der Waals surface area contributed by atoms with Gasteiger partial charge < -0.3 is 15.2 Å². The quantitative estimate of drug-likeness (QED) is 0.511. The molecule has 1 fully saturated rings. The van der Waals surface area contributed by atoms with Crippen LogP contribution < -0.4 is 10.1 Å². The van der Waals surface area contributed by atoms with E-state index in [2.05, 4.69) is 78.7 Å². The van der Waals surface area contributed by atoms with Gasteiger partial charge in [0.1, 0.15) is 5.75 Å². The molecule has 1 aliphatic rings. The Kier molecular flexibility index (Phi) is 7.14. The van der Waals surface area contributed by atoms with E-state index in [9.17, 15) is 5.11 Å². The molecule has 2 N–H and O–H groups in total. The second-order valence-corrected chi connectivity index (χ2v) is 9.72. The van der Waals surface area contributed by atoms with Crippen LogP contribution in [0.5, 0.6) is 5.75 Å². The fraction of sp³-hybridized carbons (Fsp3) is 0.429. The number of ether oxygens (including phenoxy) is 1. The van der Waals surface area contributed by atoms with Crippen molar-refractivity contribution >= 4 is 10.8 Å². The van der Waals surface area contributed by atoms with E-state index in [1.165, 1.54) is 21.9 Å². The van der Waals surface area contributed by atoms with Crippen molar-refractivity contribution in [2.24, 2.45) is 0 Å². The number of nitrogens with one attached hydrogen (secondary N) is 1. The van der Waals surface area contributed by atoms with Crippen LogP contribution in [0.4, 0.5) is 0 Å². The maximum Gasteiger partial charge on any atom is 0.119 e. The lowest BCUT2D eigenvalue weighted by molar-refractivity contribution is 0.0633. The molecule has 4 nitrogen and oxygen atoms in total. The second kappa shape index (κ2) is 10.0. The fourth-order valence-electron chi connectivity index (χ4n) is 4.93. The van der Waals surface area contributed by atoms with Crippen molar-refractivity contribution in [2.75, 3.05) is 20.2 Å². The van der Waals surface area contributed by atoms with Crippen LogP contribution in [-0.4, -0.2) is 47.9 Å². The molecule has 1 heterocycles. The Labute approximate surface area is 192 Å². The molecule has 0 saturated carbocycles. The zero-order chi connectivity index (χ0) is 22.6. The molecule has 1 aliphatic heterocycles. The Bertz CT molecular complexity index is 1030. The van der Waals surface area contributed by atoms with E-state index in [0.29, 0.717) is 6.54 Å². The maximum absolute atomic E-state index is 11.0. The third-order valence-corrected chi connectivity index (χ3v) is 6.63. The second-order valence-electron chi connectivity index (χ2n) is 9.72. The number of hydrogen-bond donors (Lipinski definition) is 2. The number of likely N-dealkylation sites (tertiary alicyclic amines) is 1. The molecule has 0 aliphatic carbocycles. The molecular weight excluding hydrogens is 396 g/mol. The van der Waals surface area contributed by atoms with Crippen LogP contribution in [0.25, 0.3) is 10.8 Å². The van der Waals surface area contributed by atoms with Gasteiger partial charge in [-0.1, -0.05) is 54.6 Å². The third kappa shape index (κ3) is 5.69. The minimum Gasteiger partial charge on any atom is -0.497 e. The summed E-state index contributed by atoms with van der Waals surface area (Å²) in [5, 5.41) is 17.2. The van der Waals surface area contributed by atoms with Crippen molar-refractivity contribution in [1.29, 1.82) is 0 Å². The van der Waals surface area contributed by atoms with Gasteiger partial charge in [0.25, 0.3) is 0 Å². The molecule has 170 valence electrons. The van der Waals surface area contributed by atoms with Gasteiger partial charge in [-0.2, -0.15) is 0 Å². The highest BCUT2D eigenvalue weighted by Crippen LogP contribution is 2.25. The molecule has 4 rings (SSSR count). The van der Waals surface area contributed by atoms with E-state index in [1.807, 2.05) is 12.1 Å². The van der Waals surface area contributed by atoms with Crippen molar-refractivity contribution in [2.45, 2.75) is 57.3 Å². The van der Waals surface area contributed by atoms with Gasteiger partial charge in [-0.15, -0.1) is 0 Å². The molecule has 0 aromatic heterocycles. The molecule has 0 amide bonds. The smallest absolute Gasteiger partial charge is 0.119 e. The minimum atomic E-state index is -0.390. The summed E-state index contributed by atoms with van der Waals surface area (Å²) >= 11 is 0. The van der Waals surface area contributed by atoms with E-state index in [1.54, 1.807) is 7.11 Å². The highest BCUT2D eigenvalue weighted by atomic mass is 16.5. The molecule has 4 heteroatoms. The van der Waals surface area contributed by atoms with Gasteiger partial charge in [0.05, 0.1) is 13.2 Å². The number of rotatable bonds is 9. The molecule has 0 spiro atoms. The lowest BCUT2D eigenvalue weighted by atomic mass is 9.93. The predicted octanol–water partition coefficient (Wildman–Crippen LogP) is 4.78. The Morgan fingerprint density at radius 3 is 2.66 bits per heavy atom. The molecule has 32 heavy (non-hydrogen) atoms. The number of aliphatic hydroxyl groups excluding tert-OH is 1. The van der Waals surface area contributed by atoms with Gasteiger partial charge in [0.2, 0.25) is 0 Å². The molecule has 3 aromatic rings. The van der Waals surface area contributed by atoms with Gasteiger partial charge in [0, 0.05) is 24.7 Å². The topological polar surface area (TPSA) is 44.7 Å². The number of fused-ring (bicyclic) bond motifs is 1. The van der Waals surface area contributed by atoms with Crippen molar-refractivity contribution in [3.8, 4) is 5.75 Å². The van der Waals surface area contributed by atoms with Crippen LogP contribution >= 0.6 is 0 Å². The summed E-state index contributed by atoms with van der Waals surface area (Å²) < 4.78 is 5.36. The highest BCUT2D eigenvalue weighted by Gasteiger charge is 2.31. The lowest BCUT2D eigenvalue weighted by Crippen LogP contribution is -2.50. The summed E-state index contributed by atoms with van der Waals surface area (Å²) in [7, 11) is 1.70. The molecule has 1 saturated heterocycles. The Morgan fingerprint density at radius 1 is 1.03 bits per heavy atom. The maximum atomic E-state index is 11.0. The van der Waals surface area contributed by atoms with Crippen molar-refractivity contribution < 1.29 is 9.84 Å². The number of methoxy groups -OCH3 is 1. The van der Waals surface area contributed by atoms with E-state index in [-0.39, 0.29) is 17.7 Å². The molecule has 0 unspecified atom stereocenters. The fourth-order valence-corrected chi connectivity index (χ4v) is 4.93. The molecule has 0 radical (unpaired) electrons. The molecule has 2 atom stereocenters. The van der Waals surface area contributed by atoms with Gasteiger partial charge in [-0.05, 0) is 73.7 Å². The first-order valence-corrected chi connectivity index (χ1v) is 11.7. The third-order valence-electron chi connectivity index (χ3n) is 6.63. The summed E-state index contributed by atoms with van der Waals surface area (Å²) in [4.78, 5) is 2.41. The summed E-state index contributed by atoms with van der Waals surface area (Å²) in [6, 6.07) is 23.6. The summed E-state index contributed by atoms with van der Waals surface area (Å²) in [5.41, 5.74) is 2.45. The van der Waals surface area contributed by atoms with E-state index in [4.69, 9.17) is 4.74 Å². The first-order chi connectivity index (χ1) is 15.4. The van der Waals surface area contributed by atoms with Crippen molar-refractivity contribution in [3.05, 3.63) is 77.9 Å². The van der Waals surface area contributed by atoms with Crippen molar-refractivity contribution in [3.63, 3.8) is 0 Å². The van der Waals surface area contributed by atoms with Gasteiger partial charge >= 0.3 is 0 Å². The number of benzene rings is 3. The molecule has 3 aromatic carbocycles. The van der Waals surface area contributed by atoms with Crippen LogP contribution in [0.2, 0.25) is 0 Å². The lowest BCUT2D eigenvalue weighted by Gasteiger charge is -2.33. The van der Waals surface area contributed by atoms with Crippen LogP contribution in [0, 0.1) is 0 Å². The van der Waals surface area contributed by atoms with Gasteiger partial charge in [0.15, 0.2) is 0 Å². The van der Waals surface area contributed by atoms with Gasteiger partial charge in [-0.3, -0.25) is 4.90 Å².